The van der Waals surface area contributed by atoms with E-state index in [1.54, 1.807) is 13.0 Å². The van der Waals surface area contributed by atoms with Crippen LogP contribution in [-0.2, 0) is 9.53 Å². The number of aliphatic hydroxyl groups excluding tert-OH is 1. The summed E-state index contributed by atoms with van der Waals surface area (Å²) in [5.74, 6) is -0.854. The van der Waals surface area contributed by atoms with Gasteiger partial charge in [0.25, 0.3) is 0 Å². The first-order valence-electron chi connectivity index (χ1n) is 4.91. The topological polar surface area (TPSA) is 78.8 Å². The zero-order valence-corrected chi connectivity index (χ0v) is 8.98. The molecule has 88 valence electrons. The van der Waals surface area contributed by atoms with Gasteiger partial charge < -0.3 is 20.3 Å². The molecule has 5 nitrogen and oxygen atoms in total. The number of aliphatic hydroxyl groups is 1. The van der Waals surface area contributed by atoms with Crippen molar-refractivity contribution in [3.05, 3.63) is 12.7 Å². The zero-order chi connectivity index (χ0) is 11.7. The summed E-state index contributed by atoms with van der Waals surface area (Å²) in [5, 5.41) is 20.7. The van der Waals surface area contributed by atoms with E-state index in [1.165, 1.54) is 0 Å². The molecule has 2 unspecified atom stereocenters. The summed E-state index contributed by atoms with van der Waals surface area (Å²) in [5.41, 5.74) is 0. The van der Waals surface area contributed by atoms with Crippen molar-refractivity contribution in [2.75, 3.05) is 19.7 Å². The summed E-state index contributed by atoms with van der Waals surface area (Å²) >= 11 is 0. The Morgan fingerprint density at radius 3 is 2.87 bits per heavy atom. The molecule has 2 atom stereocenters. The predicted octanol–water partition coefficient (Wildman–Crippen LogP) is 0.00270. The molecular weight excluding hydrogens is 198 g/mol. The first-order valence-corrected chi connectivity index (χ1v) is 4.91. The lowest BCUT2D eigenvalue weighted by molar-refractivity contribution is -0.136. The van der Waals surface area contributed by atoms with Gasteiger partial charge in [0.2, 0.25) is 0 Å². The molecule has 5 heteroatoms. The molecule has 0 rings (SSSR count). The molecule has 0 aromatic carbocycles. The molecule has 0 radical (unpaired) electrons. The molecule has 3 N–H and O–H groups in total. The Bertz CT molecular complexity index is 196. The highest BCUT2D eigenvalue weighted by Gasteiger charge is 2.13. The summed E-state index contributed by atoms with van der Waals surface area (Å²) in [6.45, 7) is 6.33. The summed E-state index contributed by atoms with van der Waals surface area (Å²) in [6.07, 6.45) is 0.731. The van der Waals surface area contributed by atoms with Gasteiger partial charge in [0.1, 0.15) is 0 Å². The van der Waals surface area contributed by atoms with Crippen molar-refractivity contribution in [2.24, 2.45) is 0 Å². The van der Waals surface area contributed by atoms with Crippen molar-refractivity contribution in [3.63, 3.8) is 0 Å². The van der Waals surface area contributed by atoms with Crippen LogP contribution in [0.4, 0.5) is 0 Å². The molecule has 0 aromatic rings. The highest BCUT2D eigenvalue weighted by atomic mass is 16.5. The van der Waals surface area contributed by atoms with E-state index in [9.17, 15) is 9.90 Å². The molecule has 0 aromatic heterocycles. The highest BCUT2D eigenvalue weighted by Crippen LogP contribution is 1.97. The molecule has 0 bridgehead atoms. The SMILES string of the molecule is C=CCOC(C)C(O)CNCCC(=O)O. The van der Waals surface area contributed by atoms with Gasteiger partial charge in [-0.2, -0.15) is 0 Å². The first kappa shape index (κ1) is 14.1. The average Bonchev–Trinajstić information content (AvgIpc) is 2.20. The second-order valence-electron chi connectivity index (χ2n) is 3.24. The van der Waals surface area contributed by atoms with Gasteiger partial charge in [-0.3, -0.25) is 4.79 Å². The van der Waals surface area contributed by atoms with Crippen LogP contribution in [0.5, 0.6) is 0 Å². The number of carboxylic acid groups (broad SMARTS) is 1. The number of hydrogen-bond donors (Lipinski definition) is 3. The quantitative estimate of drug-likeness (QED) is 0.374. The normalized spacial score (nSPS) is 14.5. The van der Waals surface area contributed by atoms with Crippen molar-refractivity contribution < 1.29 is 19.7 Å². The Labute approximate surface area is 89.7 Å². The number of hydrogen-bond acceptors (Lipinski definition) is 4. The zero-order valence-electron chi connectivity index (χ0n) is 8.98. The van der Waals surface area contributed by atoms with E-state index in [0.29, 0.717) is 19.7 Å². The molecular formula is C10H19NO4. The minimum Gasteiger partial charge on any atom is -0.481 e. The maximum Gasteiger partial charge on any atom is 0.304 e. The summed E-state index contributed by atoms with van der Waals surface area (Å²) < 4.78 is 5.21. The molecule has 0 aliphatic carbocycles. The summed E-state index contributed by atoms with van der Waals surface area (Å²) in [7, 11) is 0. The van der Waals surface area contributed by atoms with E-state index in [-0.39, 0.29) is 12.5 Å². The van der Waals surface area contributed by atoms with Gasteiger partial charge in [0.05, 0.1) is 25.2 Å². The van der Waals surface area contributed by atoms with E-state index in [1.807, 2.05) is 0 Å². The molecule has 0 fully saturated rings. The smallest absolute Gasteiger partial charge is 0.304 e. The van der Waals surface area contributed by atoms with Crippen LogP contribution in [-0.4, -0.2) is 48.1 Å². The second kappa shape index (κ2) is 8.40. The number of carboxylic acids is 1. The van der Waals surface area contributed by atoms with E-state index < -0.39 is 12.1 Å². The van der Waals surface area contributed by atoms with Crippen molar-refractivity contribution in [3.8, 4) is 0 Å². The fourth-order valence-corrected chi connectivity index (χ4v) is 0.942. The van der Waals surface area contributed by atoms with Crippen LogP contribution in [0.2, 0.25) is 0 Å². The summed E-state index contributed by atoms with van der Waals surface area (Å²) in [4.78, 5) is 10.2. The Morgan fingerprint density at radius 1 is 1.67 bits per heavy atom. The molecule has 0 aliphatic heterocycles. The third kappa shape index (κ3) is 8.11. The minimum atomic E-state index is -0.854. The lowest BCUT2D eigenvalue weighted by Crippen LogP contribution is -2.37. The molecule has 0 heterocycles. The van der Waals surface area contributed by atoms with Gasteiger partial charge in [-0.1, -0.05) is 6.08 Å². The number of ether oxygens (including phenoxy) is 1. The third-order valence-corrected chi connectivity index (χ3v) is 1.89. The number of carbonyl (C=O) groups is 1. The van der Waals surface area contributed by atoms with E-state index in [0.717, 1.165) is 0 Å². The Kier molecular flexibility index (Phi) is 7.89. The van der Waals surface area contributed by atoms with Gasteiger partial charge in [0, 0.05) is 13.1 Å². The lowest BCUT2D eigenvalue weighted by Gasteiger charge is -2.18. The molecule has 0 aliphatic rings. The standard InChI is InChI=1S/C10H19NO4/c1-3-6-15-8(2)9(12)7-11-5-4-10(13)14/h3,8-9,11-12H,1,4-7H2,2H3,(H,13,14). The van der Waals surface area contributed by atoms with Crippen LogP contribution in [0.15, 0.2) is 12.7 Å². The van der Waals surface area contributed by atoms with Crippen molar-refractivity contribution in [1.82, 2.24) is 5.32 Å². The average molecular weight is 217 g/mol. The molecule has 0 spiro atoms. The Balaban J connectivity index is 3.49. The van der Waals surface area contributed by atoms with Gasteiger partial charge >= 0.3 is 5.97 Å². The minimum absolute atomic E-state index is 0.0502. The lowest BCUT2D eigenvalue weighted by atomic mass is 10.2. The molecule has 15 heavy (non-hydrogen) atoms. The number of aliphatic carboxylic acids is 1. The first-order chi connectivity index (χ1) is 7.07. The van der Waals surface area contributed by atoms with Gasteiger partial charge in [0.15, 0.2) is 0 Å². The number of nitrogens with one attached hydrogen (secondary N) is 1. The van der Waals surface area contributed by atoms with Gasteiger partial charge in [-0.05, 0) is 6.92 Å². The van der Waals surface area contributed by atoms with Crippen LogP contribution < -0.4 is 5.32 Å². The van der Waals surface area contributed by atoms with Gasteiger partial charge in [-0.15, -0.1) is 6.58 Å². The van der Waals surface area contributed by atoms with E-state index in [4.69, 9.17) is 9.84 Å². The fraction of sp³-hybridized carbons (Fsp3) is 0.700. The molecule has 0 saturated carbocycles. The monoisotopic (exact) mass is 217 g/mol. The van der Waals surface area contributed by atoms with Crippen molar-refractivity contribution >= 4 is 5.97 Å². The van der Waals surface area contributed by atoms with Crippen molar-refractivity contribution in [2.45, 2.75) is 25.6 Å². The maximum atomic E-state index is 10.2. The van der Waals surface area contributed by atoms with Crippen LogP contribution in [0, 0.1) is 0 Å². The highest BCUT2D eigenvalue weighted by molar-refractivity contribution is 5.66. The largest absolute Gasteiger partial charge is 0.481 e. The maximum absolute atomic E-state index is 10.2. The van der Waals surface area contributed by atoms with Crippen LogP contribution in [0.1, 0.15) is 13.3 Å². The fourth-order valence-electron chi connectivity index (χ4n) is 0.942. The van der Waals surface area contributed by atoms with Crippen LogP contribution in [0.3, 0.4) is 0 Å². The Morgan fingerprint density at radius 2 is 2.33 bits per heavy atom. The second-order valence-corrected chi connectivity index (χ2v) is 3.24. The van der Waals surface area contributed by atoms with E-state index >= 15 is 0 Å². The molecule has 0 amide bonds. The third-order valence-electron chi connectivity index (χ3n) is 1.89. The van der Waals surface area contributed by atoms with Crippen molar-refractivity contribution in [1.29, 1.82) is 0 Å². The van der Waals surface area contributed by atoms with Crippen LogP contribution >= 0.6 is 0 Å². The van der Waals surface area contributed by atoms with E-state index in [2.05, 4.69) is 11.9 Å². The number of rotatable bonds is 9. The van der Waals surface area contributed by atoms with Crippen LogP contribution in [0.25, 0.3) is 0 Å². The summed E-state index contributed by atoms with van der Waals surface area (Å²) in [6, 6.07) is 0. The van der Waals surface area contributed by atoms with Gasteiger partial charge in [-0.25, -0.2) is 0 Å². The predicted molar refractivity (Wildman–Crippen MR) is 56.7 cm³/mol. The molecule has 0 saturated heterocycles. The Hall–Kier alpha value is -0.910.